The van der Waals surface area contributed by atoms with Crippen LogP contribution in [-0.4, -0.2) is 5.97 Å². The van der Waals surface area contributed by atoms with Crippen molar-refractivity contribution < 1.29 is 39.5 Å². The van der Waals surface area contributed by atoms with Gasteiger partial charge in [-0.15, -0.1) is 0 Å². The average Bonchev–Trinajstić information content (AvgIpc) is 2.16. The second-order valence-corrected chi connectivity index (χ2v) is 5.03. The van der Waals surface area contributed by atoms with E-state index in [9.17, 15) is 9.90 Å². The minimum Gasteiger partial charge on any atom is -0.549 e. The monoisotopic (exact) mass is 228 g/mol. The molecule has 0 aliphatic rings. The standard InChI is InChI=1S/C13H18O2.Na/c1-12(2,3)13(4,11(14)15)10-8-6-5-7-9-10;/h5-9H,1-4H3,(H,14,15);/q;+1/p-1. The van der Waals surface area contributed by atoms with E-state index in [4.69, 9.17) is 0 Å². The fourth-order valence-corrected chi connectivity index (χ4v) is 1.63. The van der Waals surface area contributed by atoms with Crippen LogP contribution in [0.3, 0.4) is 0 Å². The van der Waals surface area contributed by atoms with E-state index in [1.54, 1.807) is 6.92 Å². The fraction of sp³-hybridized carbons (Fsp3) is 0.462. The third-order valence-corrected chi connectivity index (χ3v) is 3.26. The van der Waals surface area contributed by atoms with Crippen molar-refractivity contribution in [3.63, 3.8) is 0 Å². The molecule has 0 N–H and O–H groups in total. The van der Waals surface area contributed by atoms with Gasteiger partial charge in [0.2, 0.25) is 0 Å². The van der Waals surface area contributed by atoms with Crippen molar-refractivity contribution in [3.8, 4) is 0 Å². The molecule has 1 atom stereocenters. The third kappa shape index (κ3) is 2.68. The van der Waals surface area contributed by atoms with E-state index in [1.807, 2.05) is 51.1 Å². The van der Waals surface area contributed by atoms with Gasteiger partial charge < -0.3 is 9.90 Å². The summed E-state index contributed by atoms with van der Waals surface area (Å²) in [6.07, 6.45) is 0. The predicted molar refractivity (Wildman–Crippen MR) is 58.3 cm³/mol. The summed E-state index contributed by atoms with van der Waals surface area (Å²) in [6.45, 7) is 7.46. The van der Waals surface area contributed by atoms with Gasteiger partial charge in [-0.2, -0.15) is 0 Å². The smallest absolute Gasteiger partial charge is 0.549 e. The van der Waals surface area contributed by atoms with Crippen LogP contribution in [0.5, 0.6) is 0 Å². The van der Waals surface area contributed by atoms with Crippen molar-refractivity contribution in [2.24, 2.45) is 5.41 Å². The Hall–Kier alpha value is -0.310. The van der Waals surface area contributed by atoms with Crippen molar-refractivity contribution in [2.45, 2.75) is 33.1 Å². The molecule has 0 fully saturated rings. The van der Waals surface area contributed by atoms with Crippen molar-refractivity contribution in [2.75, 3.05) is 0 Å². The maximum Gasteiger partial charge on any atom is 1.00 e. The number of benzene rings is 1. The third-order valence-electron chi connectivity index (χ3n) is 3.26. The Morgan fingerprint density at radius 1 is 1.06 bits per heavy atom. The van der Waals surface area contributed by atoms with Crippen LogP contribution < -0.4 is 34.7 Å². The molecule has 1 rings (SSSR count). The van der Waals surface area contributed by atoms with E-state index in [-0.39, 0.29) is 35.0 Å². The molecule has 3 heteroatoms. The number of hydrogen-bond donors (Lipinski definition) is 0. The molecule has 0 amide bonds. The second-order valence-electron chi connectivity index (χ2n) is 5.03. The summed E-state index contributed by atoms with van der Waals surface area (Å²) in [7, 11) is 0. The van der Waals surface area contributed by atoms with Crippen LogP contribution in [0.2, 0.25) is 0 Å². The van der Waals surface area contributed by atoms with Gasteiger partial charge in [0.1, 0.15) is 0 Å². The summed E-state index contributed by atoms with van der Waals surface area (Å²) in [5.41, 5.74) is -0.556. The van der Waals surface area contributed by atoms with Crippen LogP contribution in [-0.2, 0) is 10.2 Å². The molecule has 0 spiro atoms. The van der Waals surface area contributed by atoms with Crippen molar-refractivity contribution >= 4 is 5.97 Å². The van der Waals surface area contributed by atoms with Crippen LogP contribution in [0.25, 0.3) is 0 Å². The number of carboxylic acid groups (broad SMARTS) is 1. The zero-order valence-corrected chi connectivity index (χ0v) is 12.7. The minimum atomic E-state index is -1.03. The Morgan fingerprint density at radius 2 is 1.50 bits per heavy atom. The Kier molecular flexibility index (Phi) is 5.24. The number of carbonyl (C=O) groups excluding carboxylic acids is 1. The zero-order valence-electron chi connectivity index (χ0n) is 10.7. The molecule has 0 aliphatic heterocycles. The molecule has 82 valence electrons. The summed E-state index contributed by atoms with van der Waals surface area (Å²) in [4.78, 5) is 11.4. The Morgan fingerprint density at radius 3 is 1.81 bits per heavy atom. The number of rotatable bonds is 2. The normalized spacial score (nSPS) is 14.8. The molecule has 1 unspecified atom stereocenters. The van der Waals surface area contributed by atoms with Gasteiger partial charge >= 0.3 is 29.6 Å². The van der Waals surface area contributed by atoms with E-state index in [0.717, 1.165) is 5.56 Å². The molecule has 0 bridgehead atoms. The van der Waals surface area contributed by atoms with E-state index >= 15 is 0 Å². The molecule has 1 aromatic rings. The van der Waals surface area contributed by atoms with E-state index in [2.05, 4.69) is 0 Å². The molecule has 16 heavy (non-hydrogen) atoms. The van der Waals surface area contributed by atoms with Gasteiger partial charge in [-0.1, -0.05) is 51.1 Å². The number of carbonyl (C=O) groups is 1. The van der Waals surface area contributed by atoms with Crippen LogP contribution in [0.15, 0.2) is 30.3 Å². The molecule has 2 nitrogen and oxygen atoms in total. The van der Waals surface area contributed by atoms with E-state index in [0.29, 0.717) is 0 Å². The summed E-state index contributed by atoms with van der Waals surface area (Å²) in [5.74, 6) is -1.03. The maximum atomic E-state index is 11.4. The van der Waals surface area contributed by atoms with Crippen LogP contribution in [0, 0.1) is 5.41 Å². The molecule has 0 saturated carbocycles. The largest absolute Gasteiger partial charge is 1.00 e. The second kappa shape index (κ2) is 5.35. The Balaban J connectivity index is 0.00000225. The quantitative estimate of drug-likeness (QED) is 0.593. The Labute approximate surface area is 119 Å². The molecule has 0 radical (unpaired) electrons. The summed E-state index contributed by atoms with van der Waals surface area (Å²) in [6, 6.07) is 9.24. The van der Waals surface area contributed by atoms with Crippen LogP contribution in [0.4, 0.5) is 0 Å². The number of carboxylic acids is 1. The number of hydrogen-bond acceptors (Lipinski definition) is 2. The first-order valence-electron chi connectivity index (χ1n) is 5.07. The van der Waals surface area contributed by atoms with Gasteiger partial charge in [0.05, 0.1) is 5.97 Å². The SMILES string of the molecule is CC(C)(C)C(C)(C(=O)[O-])c1ccccc1.[Na+]. The van der Waals surface area contributed by atoms with E-state index in [1.165, 1.54) is 0 Å². The number of aliphatic carboxylic acids is 1. The van der Waals surface area contributed by atoms with Crippen molar-refractivity contribution in [1.29, 1.82) is 0 Å². The van der Waals surface area contributed by atoms with Crippen LogP contribution in [0.1, 0.15) is 33.3 Å². The van der Waals surface area contributed by atoms with Gasteiger partial charge in [-0.25, -0.2) is 0 Å². The van der Waals surface area contributed by atoms with Crippen molar-refractivity contribution in [3.05, 3.63) is 35.9 Å². The molecule has 1 aromatic carbocycles. The van der Waals surface area contributed by atoms with Gasteiger partial charge in [0.25, 0.3) is 0 Å². The van der Waals surface area contributed by atoms with Crippen LogP contribution >= 0.6 is 0 Å². The first-order valence-corrected chi connectivity index (χ1v) is 5.07. The molecular weight excluding hydrogens is 211 g/mol. The molecule has 0 heterocycles. The average molecular weight is 228 g/mol. The molecular formula is C13H17NaO2. The Bertz CT molecular complexity index is 354. The fourth-order valence-electron chi connectivity index (χ4n) is 1.63. The summed E-state index contributed by atoms with van der Waals surface area (Å²) < 4.78 is 0. The first-order chi connectivity index (χ1) is 6.80. The van der Waals surface area contributed by atoms with Crippen molar-refractivity contribution in [1.82, 2.24) is 0 Å². The minimum absolute atomic E-state index is 0. The van der Waals surface area contributed by atoms with Gasteiger partial charge in [0.15, 0.2) is 0 Å². The molecule has 0 saturated heterocycles. The topological polar surface area (TPSA) is 40.1 Å². The summed E-state index contributed by atoms with van der Waals surface area (Å²) in [5, 5.41) is 11.4. The maximum absolute atomic E-state index is 11.4. The van der Waals surface area contributed by atoms with Gasteiger partial charge in [-0.05, 0) is 17.9 Å². The summed E-state index contributed by atoms with van der Waals surface area (Å²) >= 11 is 0. The molecule has 0 aliphatic carbocycles. The van der Waals surface area contributed by atoms with Gasteiger partial charge in [-0.3, -0.25) is 0 Å². The van der Waals surface area contributed by atoms with Gasteiger partial charge in [0, 0.05) is 5.41 Å². The first kappa shape index (κ1) is 15.7. The molecule has 0 aromatic heterocycles. The zero-order chi connectivity index (χ0) is 11.7. The van der Waals surface area contributed by atoms with E-state index < -0.39 is 11.4 Å². The predicted octanol–water partition coefficient (Wildman–Crippen LogP) is -1.26.